The Bertz CT molecular complexity index is 540. The van der Waals surface area contributed by atoms with Gasteiger partial charge < -0.3 is 15.1 Å². The number of hydrogen-bond acceptors (Lipinski definition) is 2. The van der Waals surface area contributed by atoms with E-state index in [0.29, 0.717) is 11.6 Å². The number of urea groups is 1. The standard InChI is InChI=1S/C19H28FN3O/c1-15-3-2-10-22(13-15)14-16-8-11-23(12-9-16)19(24)21-18-6-4-17(20)5-7-18/h4-7,15-16H,2-3,8-14H2,1H3,(H,21,24). The smallest absolute Gasteiger partial charge is 0.321 e. The first kappa shape index (κ1) is 17.2. The van der Waals surface area contributed by atoms with E-state index in [1.165, 1.54) is 44.6 Å². The number of piperidine rings is 2. The van der Waals surface area contributed by atoms with Gasteiger partial charge in [-0.15, -0.1) is 0 Å². The number of anilines is 1. The van der Waals surface area contributed by atoms with E-state index in [-0.39, 0.29) is 11.8 Å². The molecule has 132 valence electrons. The maximum absolute atomic E-state index is 12.9. The van der Waals surface area contributed by atoms with Crippen LogP contribution in [0.5, 0.6) is 0 Å². The highest BCUT2D eigenvalue weighted by Crippen LogP contribution is 2.23. The number of nitrogens with one attached hydrogen (secondary N) is 1. The van der Waals surface area contributed by atoms with E-state index in [0.717, 1.165) is 31.8 Å². The summed E-state index contributed by atoms with van der Waals surface area (Å²) < 4.78 is 12.9. The van der Waals surface area contributed by atoms with E-state index in [1.54, 1.807) is 12.1 Å². The number of carbonyl (C=O) groups is 1. The van der Waals surface area contributed by atoms with Crippen LogP contribution < -0.4 is 5.32 Å². The van der Waals surface area contributed by atoms with E-state index in [4.69, 9.17) is 0 Å². The van der Waals surface area contributed by atoms with E-state index in [9.17, 15) is 9.18 Å². The van der Waals surface area contributed by atoms with Gasteiger partial charge in [-0.1, -0.05) is 6.92 Å². The monoisotopic (exact) mass is 333 g/mol. The highest BCUT2D eigenvalue weighted by molar-refractivity contribution is 5.89. The molecule has 2 aliphatic heterocycles. The molecule has 24 heavy (non-hydrogen) atoms. The molecule has 1 unspecified atom stereocenters. The first-order valence-corrected chi connectivity index (χ1v) is 9.14. The van der Waals surface area contributed by atoms with Crippen LogP contribution in [0.1, 0.15) is 32.6 Å². The van der Waals surface area contributed by atoms with Crippen molar-refractivity contribution < 1.29 is 9.18 Å². The van der Waals surface area contributed by atoms with Gasteiger partial charge in [0.15, 0.2) is 0 Å². The van der Waals surface area contributed by atoms with Crippen molar-refractivity contribution in [2.24, 2.45) is 11.8 Å². The first-order chi connectivity index (χ1) is 11.6. The maximum atomic E-state index is 12.9. The lowest BCUT2D eigenvalue weighted by atomic mass is 9.94. The van der Waals surface area contributed by atoms with E-state index >= 15 is 0 Å². The van der Waals surface area contributed by atoms with Crippen LogP contribution in [-0.4, -0.2) is 48.6 Å². The number of benzene rings is 1. The molecule has 4 nitrogen and oxygen atoms in total. The minimum absolute atomic E-state index is 0.0772. The second-order valence-corrected chi connectivity index (χ2v) is 7.37. The van der Waals surface area contributed by atoms with Crippen LogP contribution in [0.15, 0.2) is 24.3 Å². The zero-order valence-electron chi connectivity index (χ0n) is 14.5. The summed E-state index contributed by atoms with van der Waals surface area (Å²) in [6.45, 7) is 7.59. The Morgan fingerprint density at radius 2 is 1.88 bits per heavy atom. The van der Waals surface area contributed by atoms with Gasteiger partial charge in [-0.25, -0.2) is 9.18 Å². The molecule has 2 fully saturated rings. The molecule has 3 rings (SSSR count). The largest absolute Gasteiger partial charge is 0.325 e. The highest BCUT2D eigenvalue weighted by Gasteiger charge is 2.25. The van der Waals surface area contributed by atoms with Crippen LogP contribution in [0.3, 0.4) is 0 Å². The number of amides is 2. The predicted molar refractivity (Wildman–Crippen MR) is 94.6 cm³/mol. The minimum Gasteiger partial charge on any atom is -0.325 e. The van der Waals surface area contributed by atoms with Gasteiger partial charge in [-0.05, 0) is 68.3 Å². The maximum Gasteiger partial charge on any atom is 0.321 e. The van der Waals surface area contributed by atoms with Crippen molar-refractivity contribution in [2.75, 3.05) is 38.0 Å². The molecule has 0 bridgehead atoms. The molecule has 0 radical (unpaired) electrons. The van der Waals surface area contributed by atoms with E-state index in [2.05, 4.69) is 17.1 Å². The molecule has 0 spiro atoms. The summed E-state index contributed by atoms with van der Waals surface area (Å²) in [5.41, 5.74) is 0.644. The summed E-state index contributed by atoms with van der Waals surface area (Å²) in [6, 6.07) is 5.84. The van der Waals surface area contributed by atoms with Crippen molar-refractivity contribution in [3.63, 3.8) is 0 Å². The number of rotatable bonds is 3. The van der Waals surface area contributed by atoms with Gasteiger partial charge in [-0.3, -0.25) is 0 Å². The minimum atomic E-state index is -0.291. The summed E-state index contributed by atoms with van der Waals surface area (Å²) in [4.78, 5) is 16.8. The Morgan fingerprint density at radius 1 is 1.17 bits per heavy atom. The molecule has 1 aromatic rings. The summed E-state index contributed by atoms with van der Waals surface area (Å²) in [7, 11) is 0. The summed E-state index contributed by atoms with van der Waals surface area (Å²) in [6.07, 6.45) is 4.82. The molecule has 1 aromatic carbocycles. The molecule has 0 aromatic heterocycles. The predicted octanol–water partition coefficient (Wildman–Crippen LogP) is 3.80. The Morgan fingerprint density at radius 3 is 2.54 bits per heavy atom. The molecule has 2 heterocycles. The quantitative estimate of drug-likeness (QED) is 0.913. The summed E-state index contributed by atoms with van der Waals surface area (Å²) in [5, 5.41) is 2.85. The molecule has 0 saturated carbocycles. The number of halogens is 1. The number of likely N-dealkylation sites (tertiary alicyclic amines) is 2. The van der Waals surface area contributed by atoms with Crippen LogP contribution in [0.4, 0.5) is 14.9 Å². The lowest BCUT2D eigenvalue weighted by Gasteiger charge is -2.37. The Kier molecular flexibility index (Phi) is 5.72. The van der Waals surface area contributed by atoms with Crippen LogP contribution in [0.25, 0.3) is 0 Å². The van der Waals surface area contributed by atoms with Crippen molar-refractivity contribution in [1.29, 1.82) is 0 Å². The van der Waals surface area contributed by atoms with E-state index in [1.807, 2.05) is 4.90 Å². The fraction of sp³-hybridized carbons (Fsp3) is 0.632. The van der Waals surface area contributed by atoms with Crippen molar-refractivity contribution >= 4 is 11.7 Å². The van der Waals surface area contributed by atoms with Gasteiger partial charge in [0.05, 0.1) is 0 Å². The zero-order valence-corrected chi connectivity index (χ0v) is 14.5. The fourth-order valence-electron chi connectivity index (χ4n) is 3.87. The average Bonchev–Trinajstić information content (AvgIpc) is 2.57. The summed E-state index contributed by atoms with van der Waals surface area (Å²) in [5.74, 6) is 1.23. The van der Waals surface area contributed by atoms with Crippen molar-refractivity contribution in [1.82, 2.24) is 9.80 Å². The van der Waals surface area contributed by atoms with Gasteiger partial charge >= 0.3 is 6.03 Å². The molecule has 1 atom stereocenters. The van der Waals surface area contributed by atoms with Gasteiger partial charge in [0.1, 0.15) is 5.82 Å². The number of carbonyl (C=O) groups excluding carboxylic acids is 1. The Balaban J connectivity index is 1.42. The van der Waals surface area contributed by atoms with Gasteiger partial charge in [0.2, 0.25) is 0 Å². The van der Waals surface area contributed by atoms with E-state index < -0.39 is 0 Å². The van der Waals surface area contributed by atoms with Crippen LogP contribution >= 0.6 is 0 Å². The van der Waals surface area contributed by atoms with Gasteiger partial charge in [-0.2, -0.15) is 0 Å². The van der Waals surface area contributed by atoms with Crippen molar-refractivity contribution in [3.8, 4) is 0 Å². The molecule has 1 N–H and O–H groups in total. The third kappa shape index (κ3) is 4.69. The Labute approximate surface area is 144 Å². The van der Waals surface area contributed by atoms with Gasteiger partial charge in [0.25, 0.3) is 0 Å². The molecule has 2 amide bonds. The lowest BCUT2D eigenvalue weighted by molar-refractivity contribution is 0.125. The third-order valence-corrected chi connectivity index (χ3v) is 5.25. The number of hydrogen-bond donors (Lipinski definition) is 1. The second-order valence-electron chi connectivity index (χ2n) is 7.37. The van der Waals surface area contributed by atoms with Crippen molar-refractivity contribution in [3.05, 3.63) is 30.1 Å². The number of nitrogens with zero attached hydrogens (tertiary/aromatic N) is 2. The zero-order chi connectivity index (χ0) is 16.9. The first-order valence-electron chi connectivity index (χ1n) is 9.14. The van der Waals surface area contributed by atoms with Crippen molar-refractivity contribution in [2.45, 2.75) is 32.6 Å². The lowest BCUT2D eigenvalue weighted by Crippen LogP contribution is -2.44. The van der Waals surface area contributed by atoms with Crippen LogP contribution in [0.2, 0.25) is 0 Å². The summed E-state index contributed by atoms with van der Waals surface area (Å²) >= 11 is 0. The average molecular weight is 333 g/mol. The normalized spacial score (nSPS) is 23.2. The topological polar surface area (TPSA) is 35.6 Å². The molecule has 0 aliphatic carbocycles. The second kappa shape index (κ2) is 7.97. The third-order valence-electron chi connectivity index (χ3n) is 5.25. The molecular weight excluding hydrogens is 305 g/mol. The SMILES string of the molecule is CC1CCCN(CC2CCN(C(=O)Nc3ccc(F)cc3)CC2)C1. The highest BCUT2D eigenvalue weighted by atomic mass is 19.1. The fourth-order valence-corrected chi connectivity index (χ4v) is 3.87. The molecule has 2 aliphatic rings. The van der Waals surface area contributed by atoms with Crippen LogP contribution in [-0.2, 0) is 0 Å². The Hall–Kier alpha value is -1.62. The molecular formula is C19H28FN3O. The molecule has 5 heteroatoms. The van der Waals surface area contributed by atoms with Crippen LogP contribution in [0, 0.1) is 17.7 Å². The molecule has 2 saturated heterocycles. The van der Waals surface area contributed by atoms with Gasteiger partial charge in [0, 0.05) is 31.9 Å².